The summed E-state index contributed by atoms with van der Waals surface area (Å²) in [4.78, 5) is 0. The summed E-state index contributed by atoms with van der Waals surface area (Å²) in [5, 5.41) is 0. The van der Waals surface area contributed by atoms with Crippen molar-refractivity contribution in [1.82, 2.24) is 0 Å². The van der Waals surface area contributed by atoms with Crippen molar-refractivity contribution in [2.75, 3.05) is 0 Å². The Morgan fingerprint density at radius 1 is 1.17 bits per heavy atom. The van der Waals surface area contributed by atoms with E-state index < -0.39 is 0 Å². The van der Waals surface area contributed by atoms with Crippen LogP contribution in [0.25, 0.3) is 0 Å². The molecule has 0 bridgehead atoms. The van der Waals surface area contributed by atoms with Crippen LogP contribution in [0.3, 0.4) is 0 Å². The summed E-state index contributed by atoms with van der Waals surface area (Å²) in [6, 6.07) is 11.6. The van der Waals surface area contributed by atoms with Crippen molar-refractivity contribution in [3.05, 3.63) is 58.3 Å². The van der Waals surface area contributed by atoms with Crippen LogP contribution in [0.5, 0.6) is 11.5 Å². The maximum atomic E-state index is 13.2. The lowest BCUT2D eigenvalue weighted by atomic mass is 10.1. The van der Waals surface area contributed by atoms with Gasteiger partial charge in [0.05, 0.1) is 4.47 Å². The zero-order valence-electron chi connectivity index (χ0n) is 9.86. The normalized spacial score (nSPS) is 12.2. The van der Waals surface area contributed by atoms with E-state index in [0.29, 0.717) is 16.0 Å². The fourth-order valence-electron chi connectivity index (χ4n) is 1.62. The molecule has 0 saturated carbocycles. The van der Waals surface area contributed by atoms with E-state index in [1.807, 2.05) is 31.2 Å². The molecular weight excluding hydrogens is 297 g/mol. The number of rotatable bonds is 3. The zero-order chi connectivity index (χ0) is 13.1. The molecule has 0 aliphatic rings. The van der Waals surface area contributed by atoms with Crippen molar-refractivity contribution in [3.63, 3.8) is 0 Å². The SMILES string of the molecule is C[C@H](N)c1ccccc1Oc1cc(F)ccc1Br. The molecule has 94 valence electrons. The molecule has 18 heavy (non-hydrogen) atoms. The van der Waals surface area contributed by atoms with Gasteiger partial charge in [0.15, 0.2) is 0 Å². The molecule has 4 heteroatoms. The molecule has 0 saturated heterocycles. The Hall–Kier alpha value is -1.39. The molecular formula is C14H13BrFNO. The predicted molar refractivity (Wildman–Crippen MR) is 73.2 cm³/mol. The van der Waals surface area contributed by atoms with Crippen molar-refractivity contribution in [1.29, 1.82) is 0 Å². The van der Waals surface area contributed by atoms with E-state index in [0.717, 1.165) is 5.56 Å². The van der Waals surface area contributed by atoms with Crippen LogP contribution < -0.4 is 10.5 Å². The average molecular weight is 310 g/mol. The quantitative estimate of drug-likeness (QED) is 0.912. The van der Waals surface area contributed by atoms with E-state index in [1.165, 1.54) is 12.1 Å². The Bertz CT molecular complexity index is 557. The van der Waals surface area contributed by atoms with E-state index in [1.54, 1.807) is 6.07 Å². The highest BCUT2D eigenvalue weighted by Crippen LogP contribution is 2.33. The van der Waals surface area contributed by atoms with Crippen LogP contribution in [-0.4, -0.2) is 0 Å². The molecule has 0 aliphatic heterocycles. The van der Waals surface area contributed by atoms with Gasteiger partial charge in [0.1, 0.15) is 17.3 Å². The first-order valence-corrected chi connectivity index (χ1v) is 6.34. The number of hydrogen-bond acceptors (Lipinski definition) is 2. The smallest absolute Gasteiger partial charge is 0.144 e. The summed E-state index contributed by atoms with van der Waals surface area (Å²) in [6.07, 6.45) is 0. The maximum absolute atomic E-state index is 13.2. The van der Waals surface area contributed by atoms with Gasteiger partial charge < -0.3 is 10.5 Å². The van der Waals surface area contributed by atoms with Gasteiger partial charge in [-0.2, -0.15) is 0 Å². The minimum Gasteiger partial charge on any atom is -0.456 e. The fraction of sp³-hybridized carbons (Fsp3) is 0.143. The van der Waals surface area contributed by atoms with Gasteiger partial charge in [0.25, 0.3) is 0 Å². The standard InChI is InChI=1S/C14H13BrFNO/c1-9(17)11-4-2-3-5-13(11)18-14-8-10(16)6-7-12(14)15/h2-9H,17H2,1H3/t9-/m0/s1. The van der Waals surface area contributed by atoms with Gasteiger partial charge >= 0.3 is 0 Å². The summed E-state index contributed by atoms with van der Waals surface area (Å²) in [6.45, 7) is 1.88. The summed E-state index contributed by atoms with van der Waals surface area (Å²) < 4.78 is 19.6. The lowest BCUT2D eigenvalue weighted by molar-refractivity contribution is 0.464. The summed E-state index contributed by atoms with van der Waals surface area (Å²) in [7, 11) is 0. The third-order valence-electron chi connectivity index (χ3n) is 2.52. The molecule has 0 amide bonds. The molecule has 2 N–H and O–H groups in total. The van der Waals surface area contributed by atoms with Crippen molar-refractivity contribution in [2.24, 2.45) is 5.73 Å². The van der Waals surface area contributed by atoms with E-state index in [-0.39, 0.29) is 11.9 Å². The Morgan fingerprint density at radius 2 is 1.89 bits per heavy atom. The second kappa shape index (κ2) is 5.50. The van der Waals surface area contributed by atoms with Crippen molar-refractivity contribution < 1.29 is 9.13 Å². The van der Waals surface area contributed by atoms with Crippen molar-refractivity contribution >= 4 is 15.9 Å². The van der Waals surface area contributed by atoms with Crippen LogP contribution in [0, 0.1) is 5.82 Å². The van der Waals surface area contributed by atoms with E-state index in [2.05, 4.69) is 15.9 Å². The highest BCUT2D eigenvalue weighted by molar-refractivity contribution is 9.10. The Balaban J connectivity index is 2.37. The first-order valence-electron chi connectivity index (χ1n) is 5.55. The largest absolute Gasteiger partial charge is 0.456 e. The van der Waals surface area contributed by atoms with E-state index >= 15 is 0 Å². The minimum absolute atomic E-state index is 0.145. The molecule has 2 aromatic carbocycles. The van der Waals surface area contributed by atoms with Crippen LogP contribution in [0.1, 0.15) is 18.5 Å². The molecule has 2 aromatic rings. The van der Waals surface area contributed by atoms with Gasteiger partial charge in [-0.15, -0.1) is 0 Å². The highest BCUT2D eigenvalue weighted by Gasteiger charge is 2.10. The monoisotopic (exact) mass is 309 g/mol. The average Bonchev–Trinajstić information content (AvgIpc) is 2.34. The van der Waals surface area contributed by atoms with Crippen molar-refractivity contribution in [2.45, 2.75) is 13.0 Å². The minimum atomic E-state index is -0.341. The molecule has 1 atom stereocenters. The molecule has 0 aromatic heterocycles. The first kappa shape index (κ1) is 13.1. The van der Waals surface area contributed by atoms with Gasteiger partial charge in [0, 0.05) is 17.7 Å². The van der Waals surface area contributed by atoms with Gasteiger partial charge in [-0.25, -0.2) is 4.39 Å². The fourth-order valence-corrected chi connectivity index (χ4v) is 1.95. The summed E-state index contributed by atoms with van der Waals surface area (Å²) in [5.41, 5.74) is 6.75. The van der Waals surface area contributed by atoms with Crippen LogP contribution in [0.15, 0.2) is 46.9 Å². The molecule has 0 unspecified atom stereocenters. The predicted octanol–water partition coefficient (Wildman–Crippen LogP) is 4.40. The molecule has 0 aliphatic carbocycles. The lowest BCUT2D eigenvalue weighted by Gasteiger charge is -2.14. The first-order chi connectivity index (χ1) is 8.58. The number of nitrogens with two attached hydrogens (primary N) is 1. The number of ether oxygens (including phenoxy) is 1. The Labute approximate surface area is 114 Å². The third kappa shape index (κ3) is 2.89. The van der Waals surface area contributed by atoms with Gasteiger partial charge in [-0.05, 0) is 41.1 Å². The van der Waals surface area contributed by atoms with Crippen LogP contribution in [-0.2, 0) is 0 Å². The van der Waals surface area contributed by atoms with Crippen LogP contribution in [0.2, 0.25) is 0 Å². The third-order valence-corrected chi connectivity index (χ3v) is 3.18. The Kier molecular flexibility index (Phi) is 3.99. The molecule has 0 spiro atoms. The second-order valence-corrected chi connectivity index (χ2v) is 4.86. The molecule has 0 heterocycles. The van der Waals surface area contributed by atoms with Gasteiger partial charge in [0.2, 0.25) is 0 Å². The van der Waals surface area contributed by atoms with E-state index in [4.69, 9.17) is 10.5 Å². The Morgan fingerprint density at radius 3 is 2.61 bits per heavy atom. The van der Waals surface area contributed by atoms with Crippen molar-refractivity contribution in [3.8, 4) is 11.5 Å². The molecule has 2 nitrogen and oxygen atoms in total. The van der Waals surface area contributed by atoms with Gasteiger partial charge in [-0.3, -0.25) is 0 Å². The number of hydrogen-bond donors (Lipinski definition) is 1. The molecule has 0 fully saturated rings. The van der Waals surface area contributed by atoms with Crippen LogP contribution in [0.4, 0.5) is 4.39 Å². The topological polar surface area (TPSA) is 35.2 Å². The van der Waals surface area contributed by atoms with Gasteiger partial charge in [-0.1, -0.05) is 18.2 Å². The van der Waals surface area contributed by atoms with E-state index in [9.17, 15) is 4.39 Å². The summed E-state index contributed by atoms with van der Waals surface area (Å²) in [5.74, 6) is 0.730. The highest BCUT2D eigenvalue weighted by atomic mass is 79.9. The van der Waals surface area contributed by atoms with Crippen LogP contribution >= 0.6 is 15.9 Å². The maximum Gasteiger partial charge on any atom is 0.144 e. The zero-order valence-corrected chi connectivity index (χ0v) is 11.4. The number of para-hydroxylation sites is 1. The number of benzene rings is 2. The number of halogens is 2. The molecule has 0 radical (unpaired) electrons. The summed E-state index contributed by atoms with van der Waals surface area (Å²) >= 11 is 3.33. The lowest BCUT2D eigenvalue weighted by Crippen LogP contribution is -2.06. The molecule has 2 rings (SSSR count). The second-order valence-electron chi connectivity index (χ2n) is 4.00.